The quantitative estimate of drug-likeness (QED) is 0.481. The zero-order valence-electron chi connectivity index (χ0n) is 20.0. The van der Waals surface area contributed by atoms with Crippen molar-refractivity contribution in [3.63, 3.8) is 0 Å². The van der Waals surface area contributed by atoms with E-state index in [9.17, 15) is 9.59 Å². The van der Waals surface area contributed by atoms with E-state index in [4.69, 9.17) is 0 Å². The molecule has 0 spiro atoms. The van der Waals surface area contributed by atoms with Gasteiger partial charge in [-0.3, -0.25) is 9.59 Å². The summed E-state index contributed by atoms with van der Waals surface area (Å²) in [5.74, 6) is 0.430. The molecular weight excluding hydrogens is 410 g/mol. The third kappa shape index (κ3) is 6.59. The van der Waals surface area contributed by atoms with Crippen molar-refractivity contribution in [3.05, 3.63) is 59.7 Å². The number of carbonyl (C=O) groups is 2. The largest absolute Gasteiger partial charge is 0.356 e. The van der Waals surface area contributed by atoms with Crippen LogP contribution in [0.15, 0.2) is 48.5 Å². The van der Waals surface area contributed by atoms with Crippen molar-refractivity contribution >= 4 is 23.2 Å². The molecule has 2 aromatic carbocycles. The van der Waals surface area contributed by atoms with Crippen LogP contribution in [0.25, 0.3) is 0 Å². The summed E-state index contributed by atoms with van der Waals surface area (Å²) in [4.78, 5) is 23.3. The molecule has 1 aliphatic heterocycles. The molecule has 1 heterocycles. The van der Waals surface area contributed by atoms with Gasteiger partial charge in [0, 0.05) is 30.9 Å². The predicted octanol–water partition coefficient (Wildman–Crippen LogP) is 5.30. The van der Waals surface area contributed by atoms with Crippen LogP contribution in [0.4, 0.5) is 11.4 Å². The van der Waals surface area contributed by atoms with E-state index >= 15 is 0 Å². The van der Waals surface area contributed by atoms with Crippen molar-refractivity contribution in [1.82, 2.24) is 10.6 Å². The summed E-state index contributed by atoms with van der Waals surface area (Å²) in [5, 5.41) is 9.15. The molecule has 3 N–H and O–H groups in total. The van der Waals surface area contributed by atoms with Crippen LogP contribution < -0.4 is 16.0 Å². The first-order chi connectivity index (χ1) is 15.9. The Hall–Kier alpha value is -2.82. The van der Waals surface area contributed by atoms with Gasteiger partial charge in [-0.05, 0) is 85.3 Å². The molecule has 1 saturated heterocycles. The van der Waals surface area contributed by atoms with Crippen LogP contribution in [0.2, 0.25) is 0 Å². The number of aryl methyl sites for hydroxylation is 1. The van der Waals surface area contributed by atoms with Gasteiger partial charge in [0.2, 0.25) is 11.8 Å². The molecule has 2 amide bonds. The number of nitrogens with one attached hydrogen (secondary N) is 3. The van der Waals surface area contributed by atoms with E-state index < -0.39 is 0 Å². The lowest BCUT2D eigenvalue weighted by atomic mass is 9.71. The Labute approximate surface area is 197 Å². The lowest BCUT2D eigenvalue weighted by molar-refractivity contribution is -0.126. The van der Waals surface area contributed by atoms with Crippen LogP contribution >= 0.6 is 0 Å². The number of rotatable bonds is 8. The molecule has 5 heteroatoms. The SMILES string of the molecule is CC1(C)CCC(c2ccc(Nc3ccc(CCCNC(=O)C4CNC(=O)C4)cc3)cc2)CC1. The fourth-order valence-corrected chi connectivity index (χ4v) is 4.93. The zero-order valence-corrected chi connectivity index (χ0v) is 20.0. The molecule has 2 aliphatic rings. The highest BCUT2D eigenvalue weighted by atomic mass is 16.2. The molecule has 1 atom stereocenters. The number of hydrogen-bond acceptors (Lipinski definition) is 3. The average Bonchev–Trinajstić information content (AvgIpc) is 3.25. The Bertz CT molecular complexity index is 940. The van der Waals surface area contributed by atoms with Gasteiger partial charge in [0.05, 0.1) is 5.92 Å². The number of anilines is 2. The highest BCUT2D eigenvalue weighted by Gasteiger charge is 2.28. The lowest BCUT2D eigenvalue weighted by Gasteiger charge is -2.34. The minimum Gasteiger partial charge on any atom is -0.356 e. The molecule has 2 fully saturated rings. The molecule has 4 rings (SSSR count). The summed E-state index contributed by atoms with van der Waals surface area (Å²) in [6.07, 6.45) is 7.32. The Kier molecular flexibility index (Phi) is 7.36. The van der Waals surface area contributed by atoms with Gasteiger partial charge in [-0.25, -0.2) is 0 Å². The fourth-order valence-electron chi connectivity index (χ4n) is 4.93. The smallest absolute Gasteiger partial charge is 0.225 e. The molecular formula is C28H37N3O2. The second-order valence-corrected chi connectivity index (χ2v) is 10.5. The summed E-state index contributed by atoms with van der Waals surface area (Å²) in [6.45, 7) is 5.87. The van der Waals surface area contributed by atoms with Gasteiger partial charge in [-0.2, -0.15) is 0 Å². The van der Waals surface area contributed by atoms with E-state index in [0.717, 1.165) is 24.2 Å². The summed E-state index contributed by atoms with van der Waals surface area (Å²) >= 11 is 0. The van der Waals surface area contributed by atoms with Crippen molar-refractivity contribution < 1.29 is 9.59 Å². The minimum absolute atomic E-state index is 0.0220. The lowest BCUT2D eigenvalue weighted by Crippen LogP contribution is -2.32. The number of hydrogen-bond donors (Lipinski definition) is 3. The maximum Gasteiger partial charge on any atom is 0.225 e. The van der Waals surface area contributed by atoms with Crippen LogP contribution in [0.1, 0.15) is 69.4 Å². The van der Waals surface area contributed by atoms with Gasteiger partial charge in [0.1, 0.15) is 0 Å². The molecule has 1 saturated carbocycles. The Morgan fingerprint density at radius 1 is 1.00 bits per heavy atom. The van der Waals surface area contributed by atoms with Gasteiger partial charge >= 0.3 is 0 Å². The molecule has 33 heavy (non-hydrogen) atoms. The molecule has 176 valence electrons. The highest BCUT2D eigenvalue weighted by molar-refractivity contribution is 5.89. The molecule has 1 unspecified atom stereocenters. The van der Waals surface area contributed by atoms with E-state index in [1.54, 1.807) is 0 Å². The summed E-state index contributed by atoms with van der Waals surface area (Å²) < 4.78 is 0. The van der Waals surface area contributed by atoms with Crippen molar-refractivity contribution in [1.29, 1.82) is 0 Å². The average molecular weight is 448 g/mol. The monoisotopic (exact) mass is 447 g/mol. The zero-order chi connectivity index (χ0) is 23.3. The topological polar surface area (TPSA) is 70.2 Å². The standard InChI is InChI=1S/C28H37N3O2/c1-28(2)15-13-22(14-16-28)21-7-11-25(12-8-21)31-24-9-5-20(6-10-24)4-3-17-29-27(33)23-18-26(32)30-19-23/h5-12,22-23,31H,3-4,13-19H2,1-2H3,(H,29,33)(H,30,32). The third-order valence-corrected chi connectivity index (χ3v) is 7.25. The number of benzene rings is 2. The van der Waals surface area contributed by atoms with E-state index in [2.05, 4.69) is 78.3 Å². The second-order valence-electron chi connectivity index (χ2n) is 10.5. The van der Waals surface area contributed by atoms with Crippen molar-refractivity contribution in [3.8, 4) is 0 Å². The van der Waals surface area contributed by atoms with E-state index in [1.165, 1.54) is 36.8 Å². The van der Waals surface area contributed by atoms with Gasteiger partial charge in [0.15, 0.2) is 0 Å². The molecule has 1 aliphatic carbocycles. The van der Waals surface area contributed by atoms with E-state index in [0.29, 0.717) is 30.8 Å². The first kappa shape index (κ1) is 23.3. The molecule has 0 radical (unpaired) electrons. The van der Waals surface area contributed by atoms with Crippen LogP contribution in [0.3, 0.4) is 0 Å². The number of carbonyl (C=O) groups excluding carboxylic acids is 2. The van der Waals surface area contributed by atoms with Crippen molar-refractivity contribution in [2.45, 2.75) is 64.7 Å². The molecule has 5 nitrogen and oxygen atoms in total. The van der Waals surface area contributed by atoms with Gasteiger partial charge in [-0.15, -0.1) is 0 Å². The summed E-state index contributed by atoms with van der Waals surface area (Å²) in [5.41, 5.74) is 5.42. The highest BCUT2D eigenvalue weighted by Crippen LogP contribution is 2.42. The van der Waals surface area contributed by atoms with Crippen molar-refractivity contribution in [2.75, 3.05) is 18.4 Å². The predicted molar refractivity (Wildman–Crippen MR) is 134 cm³/mol. The summed E-state index contributed by atoms with van der Waals surface area (Å²) in [6, 6.07) is 17.5. The van der Waals surface area contributed by atoms with Gasteiger partial charge in [0.25, 0.3) is 0 Å². The van der Waals surface area contributed by atoms with E-state index in [-0.39, 0.29) is 17.7 Å². The first-order valence-electron chi connectivity index (χ1n) is 12.4. The Balaban J connectivity index is 1.19. The number of amides is 2. The molecule has 2 aromatic rings. The maximum absolute atomic E-state index is 12.0. The molecule has 0 bridgehead atoms. The fraction of sp³-hybridized carbons (Fsp3) is 0.500. The minimum atomic E-state index is -0.216. The van der Waals surface area contributed by atoms with E-state index in [1.807, 2.05) is 0 Å². The van der Waals surface area contributed by atoms with Crippen molar-refractivity contribution in [2.24, 2.45) is 11.3 Å². The van der Waals surface area contributed by atoms with Crippen LogP contribution in [0, 0.1) is 11.3 Å². The summed E-state index contributed by atoms with van der Waals surface area (Å²) in [7, 11) is 0. The maximum atomic E-state index is 12.0. The van der Waals surface area contributed by atoms with Crippen LogP contribution in [-0.2, 0) is 16.0 Å². The normalized spacial score (nSPS) is 20.3. The second kappa shape index (κ2) is 10.4. The van der Waals surface area contributed by atoms with Gasteiger partial charge < -0.3 is 16.0 Å². The van der Waals surface area contributed by atoms with Gasteiger partial charge in [-0.1, -0.05) is 38.1 Å². The first-order valence-corrected chi connectivity index (χ1v) is 12.4. The third-order valence-electron chi connectivity index (χ3n) is 7.25. The van der Waals surface area contributed by atoms with Crippen LogP contribution in [-0.4, -0.2) is 24.9 Å². The Morgan fingerprint density at radius 2 is 1.64 bits per heavy atom. The molecule has 0 aromatic heterocycles. The Morgan fingerprint density at radius 3 is 2.24 bits per heavy atom. The van der Waals surface area contributed by atoms with Crippen LogP contribution in [0.5, 0.6) is 0 Å².